The maximum absolute atomic E-state index is 13.5. The quantitative estimate of drug-likeness (QED) is 0.332. The van der Waals surface area contributed by atoms with Crippen LogP contribution in [0.25, 0.3) is 0 Å². The van der Waals surface area contributed by atoms with Crippen molar-refractivity contribution in [2.75, 3.05) is 6.61 Å². The first-order chi connectivity index (χ1) is 17.6. The molecule has 4 fully saturated rings. The molecule has 0 unspecified atom stereocenters. The molecule has 2 heterocycles. The molecule has 12 atom stereocenters. The SMILES string of the molecule is CC[C@](C)(OC(C)=O)C(=O)O[C@H]1C(=O)O[C@@H]2C[C@H]3C(C)=CC(=O)[C@@H](O)[C@]3(C)[C@H]3[C@@H](O)[C@H](O)[C@@]4(C)OC[C@]32[C@@H]14. The summed E-state index contributed by atoms with van der Waals surface area (Å²) in [6.45, 7) is 9.14. The van der Waals surface area contributed by atoms with Crippen LogP contribution in [0.4, 0.5) is 0 Å². The molecule has 11 nitrogen and oxygen atoms in total. The Hall–Kier alpha value is -2.34. The number of fused-ring (bicyclic) bond motifs is 2. The molecule has 11 heteroatoms. The van der Waals surface area contributed by atoms with Gasteiger partial charge in [-0.05, 0) is 45.6 Å². The van der Waals surface area contributed by atoms with E-state index in [1.54, 1.807) is 27.7 Å². The summed E-state index contributed by atoms with van der Waals surface area (Å²) in [5.41, 5.74) is -4.91. The van der Waals surface area contributed by atoms with Gasteiger partial charge in [-0.15, -0.1) is 0 Å². The Morgan fingerprint density at radius 1 is 1.18 bits per heavy atom. The highest BCUT2D eigenvalue weighted by atomic mass is 16.6. The number of ether oxygens (including phenoxy) is 4. The molecular formula is C27H36O11. The number of esters is 3. The fourth-order valence-corrected chi connectivity index (χ4v) is 8.49. The Morgan fingerprint density at radius 2 is 1.84 bits per heavy atom. The molecule has 2 saturated heterocycles. The number of allylic oxidation sites excluding steroid dienone is 1. The van der Waals surface area contributed by atoms with Crippen molar-refractivity contribution in [1.82, 2.24) is 0 Å². The van der Waals surface area contributed by atoms with Gasteiger partial charge in [-0.25, -0.2) is 9.59 Å². The molecule has 0 aromatic carbocycles. The van der Waals surface area contributed by atoms with Crippen LogP contribution in [-0.4, -0.2) is 87.3 Å². The number of ketones is 1. The molecule has 0 radical (unpaired) electrons. The second-order valence-corrected chi connectivity index (χ2v) is 12.3. The monoisotopic (exact) mass is 536 g/mol. The largest absolute Gasteiger partial charge is 0.459 e. The van der Waals surface area contributed by atoms with E-state index in [1.807, 2.05) is 0 Å². The van der Waals surface area contributed by atoms with Gasteiger partial charge in [0.05, 0.1) is 18.6 Å². The molecule has 0 aromatic heterocycles. The molecule has 5 aliphatic rings. The van der Waals surface area contributed by atoms with Gasteiger partial charge in [-0.1, -0.05) is 19.4 Å². The highest BCUT2D eigenvalue weighted by Gasteiger charge is 2.82. The second kappa shape index (κ2) is 8.33. The Morgan fingerprint density at radius 3 is 2.45 bits per heavy atom. The van der Waals surface area contributed by atoms with Crippen molar-refractivity contribution in [3.63, 3.8) is 0 Å². The lowest BCUT2D eigenvalue weighted by Gasteiger charge is -2.68. The van der Waals surface area contributed by atoms with Crippen LogP contribution in [0.15, 0.2) is 11.6 Å². The van der Waals surface area contributed by atoms with Crippen LogP contribution in [0.2, 0.25) is 0 Å². The number of hydrogen-bond donors (Lipinski definition) is 3. The van der Waals surface area contributed by atoms with Gasteiger partial charge >= 0.3 is 17.9 Å². The molecular weight excluding hydrogens is 500 g/mol. The first-order valence-corrected chi connectivity index (χ1v) is 13.1. The zero-order valence-corrected chi connectivity index (χ0v) is 22.4. The Labute approximate surface area is 220 Å². The highest BCUT2D eigenvalue weighted by molar-refractivity contribution is 5.96. The molecule has 2 bridgehead atoms. The van der Waals surface area contributed by atoms with Gasteiger partial charge in [0.2, 0.25) is 11.7 Å². The fraction of sp³-hybridized carbons (Fsp3) is 0.778. The molecule has 38 heavy (non-hydrogen) atoms. The third-order valence-corrected chi connectivity index (χ3v) is 10.4. The zero-order valence-electron chi connectivity index (χ0n) is 22.4. The first kappa shape index (κ1) is 27.2. The number of aliphatic hydroxyl groups excluding tert-OH is 3. The number of carbonyl (C=O) groups excluding carboxylic acids is 4. The van der Waals surface area contributed by atoms with Gasteiger partial charge in [-0.3, -0.25) is 9.59 Å². The van der Waals surface area contributed by atoms with Crippen LogP contribution < -0.4 is 0 Å². The number of carbonyl (C=O) groups is 4. The minimum atomic E-state index is -1.68. The fourth-order valence-electron chi connectivity index (χ4n) is 8.49. The Balaban J connectivity index is 1.65. The van der Waals surface area contributed by atoms with Crippen molar-refractivity contribution >= 4 is 23.7 Å². The van der Waals surface area contributed by atoms with Crippen molar-refractivity contribution in [2.45, 2.75) is 96.1 Å². The van der Waals surface area contributed by atoms with Crippen molar-refractivity contribution in [2.24, 2.45) is 28.6 Å². The summed E-state index contributed by atoms with van der Waals surface area (Å²) >= 11 is 0. The minimum absolute atomic E-state index is 0.0556. The molecule has 0 aromatic rings. The van der Waals surface area contributed by atoms with E-state index in [2.05, 4.69) is 0 Å². The van der Waals surface area contributed by atoms with Gasteiger partial charge in [0.15, 0.2) is 5.78 Å². The average molecular weight is 537 g/mol. The average Bonchev–Trinajstić information content (AvgIpc) is 3.11. The van der Waals surface area contributed by atoms with E-state index >= 15 is 0 Å². The van der Waals surface area contributed by atoms with Crippen LogP contribution in [-0.2, 0) is 38.1 Å². The van der Waals surface area contributed by atoms with Gasteiger partial charge in [0.1, 0.15) is 23.9 Å². The summed E-state index contributed by atoms with van der Waals surface area (Å²) in [6.07, 6.45) is -5.08. The Bertz CT molecular complexity index is 1130. The van der Waals surface area contributed by atoms with Crippen molar-refractivity contribution in [3.05, 3.63) is 11.6 Å². The summed E-state index contributed by atoms with van der Waals surface area (Å²) in [6, 6.07) is 0. The molecule has 1 spiro atoms. The first-order valence-electron chi connectivity index (χ1n) is 13.1. The molecule has 2 saturated carbocycles. The third kappa shape index (κ3) is 3.16. The lowest BCUT2D eigenvalue weighted by atomic mass is 9.38. The molecule has 210 valence electrons. The van der Waals surface area contributed by atoms with E-state index in [0.29, 0.717) is 5.57 Å². The number of rotatable bonds is 4. The van der Waals surface area contributed by atoms with E-state index in [4.69, 9.17) is 18.9 Å². The molecule has 3 aliphatic carbocycles. The lowest BCUT2D eigenvalue weighted by molar-refractivity contribution is -0.298. The smallest absolute Gasteiger partial charge is 0.351 e. The summed E-state index contributed by atoms with van der Waals surface area (Å²) < 4.78 is 23.1. The Kier molecular flexibility index (Phi) is 5.97. The number of hydrogen-bond acceptors (Lipinski definition) is 11. The van der Waals surface area contributed by atoms with E-state index in [0.717, 1.165) is 6.92 Å². The lowest BCUT2D eigenvalue weighted by Crippen LogP contribution is -2.78. The summed E-state index contributed by atoms with van der Waals surface area (Å²) in [7, 11) is 0. The van der Waals surface area contributed by atoms with Gasteiger partial charge in [0.25, 0.3) is 0 Å². The predicted octanol–water partition coefficient (Wildman–Crippen LogP) is 0.215. The van der Waals surface area contributed by atoms with Gasteiger partial charge in [0, 0.05) is 23.7 Å². The van der Waals surface area contributed by atoms with Crippen LogP contribution >= 0.6 is 0 Å². The summed E-state index contributed by atoms with van der Waals surface area (Å²) in [5, 5.41) is 34.3. The van der Waals surface area contributed by atoms with E-state index < -0.39 is 94.0 Å². The topological polar surface area (TPSA) is 166 Å². The highest BCUT2D eigenvalue weighted by Crippen LogP contribution is 2.72. The van der Waals surface area contributed by atoms with Crippen LogP contribution in [0.3, 0.4) is 0 Å². The molecule has 3 N–H and O–H groups in total. The van der Waals surface area contributed by atoms with Crippen molar-refractivity contribution in [1.29, 1.82) is 0 Å². The normalized spacial score (nSPS) is 48.6. The van der Waals surface area contributed by atoms with Gasteiger partial charge in [-0.2, -0.15) is 0 Å². The molecule has 0 amide bonds. The van der Waals surface area contributed by atoms with Crippen molar-refractivity contribution < 1.29 is 53.4 Å². The maximum Gasteiger partial charge on any atom is 0.351 e. The van der Waals surface area contributed by atoms with Gasteiger partial charge < -0.3 is 34.3 Å². The van der Waals surface area contributed by atoms with E-state index in [9.17, 15) is 34.5 Å². The number of aliphatic hydroxyl groups is 3. The zero-order chi connectivity index (χ0) is 28.2. The van der Waals surface area contributed by atoms with E-state index in [1.165, 1.54) is 13.0 Å². The summed E-state index contributed by atoms with van der Waals surface area (Å²) in [5.74, 6) is -5.34. The standard InChI is InChI=1S/C27H36O11/c1-7-24(4,38-12(3)28)23(34)37-17-19-26(6)21(32)16(30)18-25(5)13(11(2)8-14(29)20(25)31)9-15(36-22(17)33)27(18,19)10-35-26/h8,13,15-21,30-32H,7,9-10H2,1-6H3/t13-,15+,16+,17+,18+,19-,20+,21-,24-,25-,26-,27+/m0/s1. The van der Waals surface area contributed by atoms with E-state index in [-0.39, 0.29) is 19.4 Å². The summed E-state index contributed by atoms with van der Waals surface area (Å²) in [4.78, 5) is 51.3. The predicted molar refractivity (Wildman–Crippen MR) is 127 cm³/mol. The van der Waals surface area contributed by atoms with Crippen LogP contribution in [0, 0.1) is 28.6 Å². The third-order valence-electron chi connectivity index (χ3n) is 10.4. The maximum atomic E-state index is 13.5. The minimum Gasteiger partial charge on any atom is -0.459 e. The molecule has 2 aliphatic heterocycles. The van der Waals surface area contributed by atoms with Crippen LogP contribution in [0.1, 0.15) is 54.4 Å². The molecule has 5 rings (SSSR count). The van der Waals surface area contributed by atoms with Crippen molar-refractivity contribution in [3.8, 4) is 0 Å². The van der Waals surface area contributed by atoms with Crippen LogP contribution in [0.5, 0.6) is 0 Å². The second-order valence-electron chi connectivity index (χ2n) is 12.3.